The molecule has 2 fully saturated rings. The number of nitrogens with zero attached hydrogens (tertiary/aromatic N) is 2. The average molecular weight is 374 g/mol. The van der Waals surface area contributed by atoms with E-state index in [1.165, 1.54) is 17.5 Å². The van der Waals surface area contributed by atoms with Gasteiger partial charge in [-0.3, -0.25) is 4.99 Å². The van der Waals surface area contributed by atoms with Gasteiger partial charge in [0.2, 0.25) is 0 Å². The highest BCUT2D eigenvalue weighted by atomic mass is 16.5. The predicted octanol–water partition coefficient (Wildman–Crippen LogP) is 3.40. The first-order chi connectivity index (χ1) is 13.2. The molecule has 27 heavy (non-hydrogen) atoms. The molecule has 0 bridgehead atoms. The van der Waals surface area contributed by atoms with Gasteiger partial charge in [-0.15, -0.1) is 0 Å². The first-order valence-corrected chi connectivity index (χ1v) is 10.4. The van der Waals surface area contributed by atoms with E-state index in [2.05, 4.69) is 55.4 Å². The number of aliphatic imine (C=N–C) groups is 1. The van der Waals surface area contributed by atoms with Crippen molar-refractivity contribution in [2.45, 2.75) is 39.2 Å². The minimum atomic E-state index is 0.152. The van der Waals surface area contributed by atoms with Crippen LogP contribution in [-0.2, 0) is 9.47 Å². The maximum Gasteiger partial charge on any atom is 0.193 e. The van der Waals surface area contributed by atoms with Crippen molar-refractivity contribution in [3.8, 4) is 0 Å². The molecule has 2 heterocycles. The lowest BCUT2D eigenvalue weighted by molar-refractivity contribution is -0.0250. The van der Waals surface area contributed by atoms with Crippen molar-refractivity contribution in [1.29, 1.82) is 0 Å². The highest BCUT2D eigenvalue weighted by Crippen LogP contribution is 2.34. The van der Waals surface area contributed by atoms with Gasteiger partial charge < -0.3 is 19.7 Å². The Morgan fingerprint density at radius 3 is 2.74 bits per heavy atom. The van der Waals surface area contributed by atoms with Crippen molar-refractivity contribution >= 4 is 5.96 Å². The molecule has 5 nitrogen and oxygen atoms in total. The SMILES string of the molecule is CCNC(=NCC1CCCOC1c1ccc(C)cc1)N(C)CC1CCOC1. The monoisotopic (exact) mass is 373 g/mol. The van der Waals surface area contributed by atoms with Crippen LogP contribution in [0.5, 0.6) is 0 Å². The van der Waals surface area contributed by atoms with Crippen LogP contribution in [0.4, 0.5) is 0 Å². The molecule has 150 valence electrons. The number of hydrogen-bond acceptors (Lipinski definition) is 3. The topological polar surface area (TPSA) is 46.1 Å². The van der Waals surface area contributed by atoms with E-state index in [1.54, 1.807) is 0 Å². The van der Waals surface area contributed by atoms with Crippen LogP contribution in [-0.4, -0.2) is 57.4 Å². The summed E-state index contributed by atoms with van der Waals surface area (Å²) in [6.07, 6.45) is 3.59. The molecule has 1 aromatic carbocycles. The molecule has 0 radical (unpaired) electrons. The van der Waals surface area contributed by atoms with Crippen LogP contribution in [0.25, 0.3) is 0 Å². The minimum absolute atomic E-state index is 0.152. The van der Waals surface area contributed by atoms with E-state index in [9.17, 15) is 0 Å². The molecule has 0 aromatic heterocycles. The Kier molecular flexibility index (Phi) is 7.53. The summed E-state index contributed by atoms with van der Waals surface area (Å²) in [5, 5.41) is 3.45. The fourth-order valence-electron chi connectivity index (χ4n) is 4.03. The molecular formula is C22H35N3O2. The van der Waals surface area contributed by atoms with E-state index in [0.29, 0.717) is 11.8 Å². The van der Waals surface area contributed by atoms with Crippen LogP contribution in [0.2, 0.25) is 0 Å². The van der Waals surface area contributed by atoms with Gasteiger partial charge in [0, 0.05) is 51.7 Å². The quantitative estimate of drug-likeness (QED) is 0.613. The third-order valence-corrected chi connectivity index (χ3v) is 5.58. The summed E-state index contributed by atoms with van der Waals surface area (Å²) in [5.74, 6) is 2.04. The van der Waals surface area contributed by atoms with Gasteiger partial charge in [0.25, 0.3) is 0 Å². The van der Waals surface area contributed by atoms with E-state index in [4.69, 9.17) is 14.5 Å². The van der Waals surface area contributed by atoms with Crippen molar-refractivity contribution in [3.63, 3.8) is 0 Å². The molecule has 5 heteroatoms. The summed E-state index contributed by atoms with van der Waals surface area (Å²) in [5.41, 5.74) is 2.57. The fraction of sp³-hybridized carbons (Fsp3) is 0.682. The molecule has 2 saturated heterocycles. The smallest absolute Gasteiger partial charge is 0.193 e. The van der Waals surface area contributed by atoms with Crippen LogP contribution in [0.1, 0.15) is 43.4 Å². The zero-order valence-corrected chi connectivity index (χ0v) is 17.1. The van der Waals surface area contributed by atoms with Crippen molar-refractivity contribution < 1.29 is 9.47 Å². The van der Waals surface area contributed by atoms with E-state index in [-0.39, 0.29) is 6.10 Å². The van der Waals surface area contributed by atoms with Crippen molar-refractivity contribution in [2.24, 2.45) is 16.8 Å². The van der Waals surface area contributed by atoms with Gasteiger partial charge in [-0.05, 0) is 38.7 Å². The lowest BCUT2D eigenvalue weighted by Crippen LogP contribution is -2.42. The second-order valence-corrected chi connectivity index (χ2v) is 7.91. The van der Waals surface area contributed by atoms with Gasteiger partial charge in [-0.25, -0.2) is 0 Å². The Balaban J connectivity index is 1.65. The third-order valence-electron chi connectivity index (χ3n) is 5.58. The second kappa shape index (κ2) is 10.1. The van der Waals surface area contributed by atoms with Crippen LogP contribution < -0.4 is 5.32 Å². The van der Waals surface area contributed by atoms with Gasteiger partial charge >= 0.3 is 0 Å². The van der Waals surface area contributed by atoms with Crippen LogP contribution in [0.15, 0.2) is 29.3 Å². The Morgan fingerprint density at radius 2 is 2.04 bits per heavy atom. The Bertz CT molecular complexity index is 596. The van der Waals surface area contributed by atoms with E-state index in [1.807, 2.05) is 0 Å². The maximum atomic E-state index is 6.16. The van der Waals surface area contributed by atoms with Crippen molar-refractivity contribution in [3.05, 3.63) is 35.4 Å². The predicted molar refractivity (Wildman–Crippen MR) is 110 cm³/mol. The van der Waals surface area contributed by atoms with E-state index in [0.717, 1.165) is 58.3 Å². The fourth-order valence-corrected chi connectivity index (χ4v) is 4.03. The Hall–Kier alpha value is -1.59. The van der Waals surface area contributed by atoms with Crippen LogP contribution in [0, 0.1) is 18.8 Å². The van der Waals surface area contributed by atoms with Gasteiger partial charge in [-0.2, -0.15) is 0 Å². The molecule has 3 unspecified atom stereocenters. The average Bonchev–Trinajstić information content (AvgIpc) is 3.19. The summed E-state index contributed by atoms with van der Waals surface area (Å²) in [6, 6.07) is 8.77. The number of hydrogen-bond donors (Lipinski definition) is 1. The molecule has 1 aromatic rings. The second-order valence-electron chi connectivity index (χ2n) is 7.91. The highest BCUT2D eigenvalue weighted by molar-refractivity contribution is 5.79. The van der Waals surface area contributed by atoms with Crippen LogP contribution in [0.3, 0.4) is 0 Å². The Morgan fingerprint density at radius 1 is 1.22 bits per heavy atom. The molecule has 2 aliphatic heterocycles. The number of nitrogens with one attached hydrogen (secondary N) is 1. The first-order valence-electron chi connectivity index (χ1n) is 10.4. The number of rotatable bonds is 6. The lowest BCUT2D eigenvalue weighted by atomic mass is 9.89. The number of benzene rings is 1. The molecular weight excluding hydrogens is 338 g/mol. The van der Waals surface area contributed by atoms with Crippen LogP contribution >= 0.6 is 0 Å². The number of guanidine groups is 1. The minimum Gasteiger partial charge on any atom is -0.381 e. The zero-order chi connectivity index (χ0) is 19.1. The van der Waals surface area contributed by atoms with Gasteiger partial charge in [0.05, 0.1) is 12.7 Å². The normalized spacial score (nSPS) is 26.2. The lowest BCUT2D eigenvalue weighted by Gasteiger charge is -2.32. The van der Waals surface area contributed by atoms with Gasteiger partial charge in [0.15, 0.2) is 5.96 Å². The van der Waals surface area contributed by atoms with Gasteiger partial charge in [0.1, 0.15) is 0 Å². The molecule has 2 aliphatic rings. The summed E-state index contributed by atoms with van der Waals surface area (Å²) >= 11 is 0. The van der Waals surface area contributed by atoms with E-state index >= 15 is 0 Å². The Labute approximate surface area is 164 Å². The summed E-state index contributed by atoms with van der Waals surface area (Å²) < 4.78 is 11.7. The molecule has 0 saturated carbocycles. The largest absolute Gasteiger partial charge is 0.381 e. The standard InChI is InChI=1S/C22H35N3O2/c1-4-23-22(25(3)15-18-11-13-26-16-18)24-14-20-6-5-12-27-21(20)19-9-7-17(2)8-10-19/h7-10,18,20-21H,4-6,11-16H2,1-3H3,(H,23,24). The van der Waals surface area contributed by atoms with E-state index < -0.39 is 0 Å². The first kappa shape index (κ1) is 20.2. The molecule has 0 aliphatic carbocycles. The summed E-state index contributed by atoms with van der Waals surface area (Å²) in [4.78, 5) is 7.24. The third kappa shape index (κ3) is 5.69. The number of ether oxygens (including phenoxy) is 2. The maximum absolute atomic E-state index is 6.16. The molecule has 3 rings (SSSR count). The zero-order valence-electron chi connectivity index (χ0n) is 17.1. The van der Waals surface area contributed by atoms with Crippen molar-refractivity contribution in [1.82, 2.24) is 10.2 Å². The molecule has 0 amide bonds. The molecule has 0 spiro atoms. The molecule has 3 atom stereocenters. The summed E-state index contributed by atoms with van der Waals surface area (Å²) in [6.45, 7) is 9.54. The van der Waals surface area contributed by atoms with Gasteiger partial charge in [-0.1, -0.05) is 29.8 Å². The summed E-state index contributed by atoms with van der Waals surface area (Å²) in [7, 11) is 2.13. The van der Waals surface area contributed by atoms with Crippen molar-refractivity contribution in [2.75, 3.05) is 46.5 Å². The molecule has 1 N–H and O–H groups in total. The number of aryl methyl sites for hydroxylation is 1. The highest BCUT2D eigenvalue weighted by Gasteiger charge is 2.27.